The Balaban J connectivity index is 1.64. The summed E-state index contributed by atoms with van der Waals surface area (Å²) in [6, 6.07) is -0.943. The first kappa shape index (κ1) is 74.2. The van der Waals surface area contributed by atoms with Crippen molar-refractivity contribution in [2.24, 2.45) is 0 Å². The molecular formula is C68H111NO13. The summed E-state index contributed by atoms with van der Waals surface area (Å²) in [7, 11) is 0. The van der Waals surface area contributed by atoms with Gasteiger partial charge in [-0.25, -0.2) is 0 Å². The topological polar surface area (TPSA) is 228 Å². The van der Waals surface area contributed by atoms with Crippen LogP contribution in [0.25, 0.3) is 0 Å². The fourth-order valence-corrected chi connectivity index (χ4v) is 9.30. The van der Waals surface area contributed by atoms with Gasteiger partial charge in [0.1, 0.15) is 48.8 Å². The van der Waals surface area contributed by atoms with Crippen LogP contribution >= 0.6 is 0 Å². The van der Waals surface area contributed by atoms with Crippen LogP contribution in [-0.4, -0.2) is 140 Å². The van der Waals surface area contributed by atoms with Gasteiger partial charge in [0.05, 0.1) is 32.0 Å². The average molecular weight is 1150 g/mol. The van der Waals surface area contributed by atoms with Crippen LogP contribution in [0.2, 0.25) is 0 Å². The number of carbonyl (C=O) groups excluding carboxylic acids is 1. The maximum Gasteiger partial charge on any atom is 0.220 e. The maximum absolute atomic E-state index is 13.2. The first-order valence-corrected chi connectivity index (χ1v) is 31.4. The van der Waals surface area contributed by atoms with E-state index in [0.717, 1.165) is 103 Å². The van der Waals surface area contributed by atoms with E-state index in [1.54, 1.807) is 6.08 Å². The lowest BCUT2D eigenvalue weighted by Crippen LogP contribution is -2.65. The number of aliphatic hydroxyl groups is 8. The second-order valence-electron chi connectivity index (χ2n) is 21.4. The Morgan fingerprint density at radius 1 is 0.451 bits per heavy atom. The molecule has 12 unspecified atom stereocenters. The number of carbonyl (C=O) groups is 1. The molecule has 0 aliphatic carbocycles. The molecule has 2 fully saturated rings. The average Bonchev–Trinajstić information content (AvgIpc) is 3.22. The van der Waals surface area contributed by atoms with Gasteiger partial charge in [0.25, 0.3) is 0 Å². The Morgan fingerprint density at radius 2 is 0.854 bits per heavy atom. The predicted molar refractivity (Wildman–Crippen MR) is 331 cm³/mol. The largest absolute Gasteiger partial charge is 0.394 e. The van der Waals surface area contributed by atoms with E-state index in [9.17, 15) is 45.6 Å². The summed E-state index contributed by atoms with van der Waals surface area (Å²) >= 11 is 0. The predicted octanol–water partition coefficient (Wildman–Crippen LogP) is 11.6. The van der Waals surface area contributed by atoms with Gasteiger partial charge >= 0.3 is 0 Å². The highest BCUT2D eigenvalue weighted by Gasteiger charge is 2.51. The van der Waals surface area contributed by atoms with Crippen LogP contribution in [0.4, 0.5) is 0 Å². The van der Waals surface area contributed by atoms with Gasteiger partial charge in [-0.15, -0.1) is 0 Å². The zero-order valence-electron chi connectivity index (χ0n) is 50.2. The maximum atomic E-state index is 13.2. The molecule has 9 N–H and O–H groups in total. The number of unbranched alkanes of at least 4 members (excludes halogenated alkanes) is 15. The number of amides is 1. The molecule has 466 valence electrons. The summed E-state index contributed by atoms with van der Waals surface area (Å²) in [5.74, 6) is -0.264. The van der Waals surface area contributed by atoms with Gasteiger partial charge < -0.3 is 65.1 Å². The minimum Gasteiger partial charge on any atom is -0.394 e. The molecule has 0 aromatic rings. The molecule has 2 heterocycles. The summed E-state index contributed by atoms with van der Waals surface area (Å²) < 4.78 is 22.7. The van der Waals surface area contributed by atoms with Gasteiger partial charge in [0.2, 0.25) is 5.91 Å². The third-order valence-corrected chi connectivity index (χ3v) is 14.3. The normalized spacial score (nSPS) is 24.9. The van der Waals surface area contributed by atoms with E-state index in [2.05, 4.69) is 141 Å². The summed E-state index contributed by atoms with van der Waals surface area (Å²) in [4.78, 5) is 13.2. The second kappa shape index (κ2) is 51.5. The van der Waals surface area contributed by atoms with Crippen LogP contribution in [-0.2, 0) is 23.7 Å². The number of rotatable bonds is 48. The van der Waals surface area contributed by atoms with Gasteiger partial charge in [0.15, 0.2) is 12.6 Å². The molecule has 2 aliphatic rings. The third kappa shape index (κ3) is 36.1. The summed E-state index contributed by atoms with van der Waals surface area (Å²) in [5.41, 5.74) is 0. The standard InChI is InChI=1S/C68H111NO13/c1-3-5-7-9-11-13-15-16-17-18-19-20-21-22-23-24-25-26-27-28-29-30-31-32-33-34-35-36-37-38-39-40-42-44-46-48-50-52-60(73)69-56(57(72)51-49-47-45-43-41-14-12-10-8-6-4-2)55-79-67-65(78)63(76)66(59(54-71)81-67)82-68-64(77)62(75)61(74)58(53-70)80-68/h5,7,11,13,16-17,19-20,22-23,25-26,28-29,31-32,34-35,41,43,49,51,56-59,61-68,70-72,74-78H,3-4,6,8-10,12,14-15,18,21,24,27,30,33,36-40,42,44-48,50,52-55H2,1-2H3,(H,69,73)/b7-5-,13-11-,17-16-,20-19-,23-22-,26-25-,29-28-,32-31-,35-34-,43-41+,51-49+. The number of nitrogens with one attached hydrogen (secondary N) is 1. The molecule has 82 heavy (non-hydrogen) atoms. The van der Waals surface area contributed by atoms with E-state index in [4.69, 9.17) is 18.9 Å². The highest BCUT2D eigenvalue weighted by Crippen LogP contribution is 2.30. The van der Waals surface area contributed by atoms with Gasteiger partial charge in [-0.05, 0) is 103 Å². The Labute approximate surface area is 494 Å². The van der Waals surface area contributed by atoms with Gasteiger partial charge in [-0.3, -0.25) is 4.79 Å². The molecule has 12 atom stereocenters. The van der Waals surface area contributed by atoms with Crippen molar-refractivity contribution < 1.29 is 64.6 Å². The molecule has 0 bridgehead atoms. The number of ether oxygens (including phenoxy) is 4. The SMILES string of the molecule is CC/C=C\C/C=C\C/C=C\C/C=C\C/C=C\C/C=C\C/C=C\C/C=C\C/C=C\CCCCCCCCCCCC(=O)NC(COC1OC(CO)C(OC2OC(CO)C(O)C(O)C2O)C(O)C1O)C(O)/C=C/CC/C=C/CCCCCCC. The summed E-state index contributed by atoms with van der Waals surface area (Å²) in [5, 5.41) is 86.9. The van der Waals surface area contributed by atoms with E-state index in [1.807, 2.05) is 6.08 Å². The molecule has 14 heteroatoms. The molecular weight excluding hydrogens is 1040 g/mol. The number of allylic oxidation sites excluding steroid dienone is 21. The summed E-state index contributed by atoms with van der Waals surface area (Å²) in [6.07, 6.45) is 59.4. The van der Waals surface area contributed by atoms with Crippen molar-refractivity contribution in [1.82, 2.24) is 5.32 Å². The van der Waals surface area contributed by atoms with Gasteiger partial charge in [-0.1, -0.05) is 218 Å². The van der Waals surface area contributed by atoms with Gasteiger partial charge in [-0.2, -0.15) is 0 Å². The Kier molecular flexibility index (Phi) is 46.7. The summed E-state index contributed by atoms with van der Waals surface area (Å²) in [6.45, 7) is 2.60. The van der Waals surface area contributed by atoms with Crippen LogP contribution < -0.4 is 5.32 Å². The monoisotopic (exact) mass is 1150 g/mol. The van der Waals surface area contributed by atoms with Crippen LogP contribution in [0, 0.1) is 0 Å². The lowest BCUT2D eigenvalue weighted by Gasteiger charge is -2.46. The fourth-order valence-electron chi connectivity index (χ4n) is 9.30. The van der Waals surface area contributed by atoms with Crippen molar-refractivity contribution in [2.75, 3.05) is 19.8 Å². The van der Waals surface area contributed by atoms with Crippen molar-refractivity contribution in [3.05, 3.63) is 134 Å². The lowest BCUT2D eigenvalue weighted by molar-refractivity contribution is -0.359. The van der Waals surface area contributed by atoms with Crippen LogP contribution in [0.15, 0.2) is 134 Å². The Bertz CT molecular complexity index is 1880. The van der Waals surface area contributed by atoms with E-state index in [-0.39, 0.29) is 18.9 Å². The first-order valence-electron chi connectivity index (χ1n) is 31.4. The molecule has 0 radical (unpaired) electrons. The first-order chi connectivity index (χ1) is 40.1. The van der Waals surface area contributed by atoms with E-state index < -0.39 is 86.8 Å². The smallest absolute Gasteiger partial charge is 0.220 e. The minimum absolute atomic E-state index is 0.257. The molecule has 2 saturated heterocycles. The lowest BCUT2D eigenvalue weighted by atomic mass is 9.97. The fraction of sp³-hybridized carbons (Fsp3) is 0.662. The van der Waals surface area contributed by atoms with Crippen LogP contribution in [0.1, 0.15) is 194 Å². The van der Waals surface area contributed by atoms with E-state index >= 15 is 0 Å². The van der Waals surface area contributed by atoms with Crippen molar-refractivity contribution in [3.8, 4) is 0 Å². The van der Waals surface area contributed by atoms with Crippen molar-refractivity contribution in [1.29, 1.82) is 0 Å². The van der Waals surface area contributed by atoms with E-state index in [1.165, 1.54) is 57.8 Å². The molecule has 0 aromatic carbocycles. The molecule has 2 aliphatic heterocycles. The molecule has 0 spiro atoms. The number of aliphatic hydroxyl groups excluding tert-OH is 8. The molecule has 0 saturated carbocycles. The van der Waals surface area contributed by atoms with Crippen LogP contribution in [0.5, 0.6) is 0 Å². The van der Waals surface area contributed by atoms with Crippen molar-refractivity contribution in [3.63, 3.8) is 0 Å². The van der Waals surface area contributed by atoms with Gasteiger partial charge in [0, 0.05) is 6.42 Å². The minimum atomic E-state index is -1.80. The zero-order chi connectivity index (χ0) is 59.5. The van der Waals surface area contributed by atoms with E-state index in [0.29, 0.717) is 12.8 Å². The quantitative estimate of drug-likeness (QED) is 0.0204. The Hall–Kier alpha value is -3.87. The third-order valence-electron chi connectivity index (χ3n) is 14.3. The molecule has 1 amide bonds. The second-order valence-corrected chi connectivity index (χ2v) is 21.4. The van der Waals surface area contributed by atoms with Crippen molar-refractivity contribution in [2.45, 2.75) is 267 Å². The molecule has 14 nitrogen and oxygen atoms in total. The highest BCUT2D eigenvalue weighted by atomic mass is 16.7. The number of hydrogen-bond donors (Lipinski definition) is 9. The zero-order valence-corrected chi connectivity index (χ0v) is 50.2. The molecule has 2 rings (SSSR count). The van der Waals surface area contributed by atoms with Crippen LogP contribution in [0.3, 0.4) is 0 Å². The van der Waals surface area contributed by atoms with Crippen molar-refractivity contribution >= 4 is 5.91 Å². The highest BCUT2D eigenvalue weighted by molar-refractivity contribution is 5.76. The number of hydrogen-bond acceptors (Lipinski definition) is 13. The molecule has 0 aromatic heterocycles. The Morgan fingerprint density at radius 3 is 1.34 bits per heavy atom.